The molecular formula is C14H22N4O2S. The van der Waals surface area contributed by atoms with Crippen molar-refractivity contribution in [3.63, 3.8) is 0 Å². The maximum atomic E-state index is 12.3. The highest BCUT2D eigenvalue weighted by Crippen LogP contribution is 2.40. The molecule has 2 heterocycles. The number of hydrogen-bond donors (Lipinski definition) is 3. The number of nitrogens with one attached hydrogen (secondary N) is 1. The number of Topliss-reactive ketones (excluding diaryl/α,β-unsaturated/α-hetero) is 1. The van der Waals surface area contributed by atoms with Gasteiger partial charge in [-0.2, -0.15) is 0 Å². The second kappa shape index (κ2) is 6.03. The molecule has 7 heteroatoms. The van der Waals surface area contributed by atoms with Gasteiger partial charge in [0.05, 0.1) is 16.1 Å². The van der Waals surface area contributed by atoms with Gasteiger partial charge in [0.2, 0.25) is 0 Å². The van der Waals surface area contributed by atoms with E-state index in [-0.39, 0.29) is 29.3 Å². The number of thiophene rings is 1. The highest BCUT2D eigenvalue weighted by molar-refractivity contribution is 7.19. The minimum atomic E-state index is -0.262. The van der Waals surface area contributed by atoms with Crippen LogP contribution in [0, 0.1) is 5.92 Å². The van der Waals surface area contributed by atoms with Crippen LogP contribution < -0.4 is 21.7 Å². The summed E-state index contributed by atoms with van der Waals surface area (Å²) in [6, 6.07) is 0.0927. The molecule has 1 aliphatic heterocycles. The van der Waals surface area contributed by atoms with Gasteiger partial charge in [0.15, 0.2) is 5.78 Å². The predicted octanol–water partition coefficient (Wildman–Crippen LogP) is 1.07. The summed E-state index contributed by atoms with van der Waals surface area (Å²) in [7, 11) is 1.56. The zero-order chi connectivity index (χ0) is 15.7. The van der Waals surface area contributed by atoms with Gasteiger partial charge in [-0.15, -0.1) is 11.3 Å². The molecule has 0 aliphatic carbocycles. The molecule has 1 aromatic heterocycles. The number of hydrogen-bond acceptors (Lipinski definition) is 6. The molecule has 116 valence electrons. The molecule has 1 amide bonds. The van der Waals surface area contributed by atoms with Crippen LogP contribution in [-0.4, -0.2) is 37.9 Å². The summed E-state index contributed by atoms with van der Waals surface area (Å²) in [6.07, 6.45) is 0.873. The Morgan fingerprint density at radius 1 is 1.43 bits per heavy atom. The molecule has 1 saturated heterocycles. The molecule has 1 atom stereocenters. The second-order valence-electron chi connectivity index (χ2n) is 5.62. The Balaban J connectivity index is 2.50. The Bertz CT molecular complexity index is 568. The largest absolute Gasteiger partial charge is 0.397 e. The van der Waals surface area contributed by atoms with Crippen LogP contribution in [0.1, 0.15) is 40.3 Å². The summed E-state index contributed by atoms with van der Waals surface area (Å²) in [5.74, 6) is -0.448. The summed E-state index contributed by atoms with van der Waals surface area (Å²) in [4.78, 5) is 26.9. The van der Waals surface area contributed by atoms with Gasteiger partial charge in [-0.25, -0.2) is 0 Å². The van der Waals surface area contributed by atoms with Crippen molar-refractivity contribution in [1.29, 1.82) is 0 Å². The lowest BCUT2D eigenvalue weighted by Crippen LogP contribution is -2.28. The summed E-state index contributed by atoms with van der Waals surface area (Å²) in [5, 5.41) is 3.35. The first-order valence-corrected chi connectivity index (χ1v) is 7.87. The van der Waals surface area contributed by atoms with E-state index < -0.39 is 0 Å². The number of anilines is 2. The molecule has 2 rings (SSSR count). The lowest BCUT2D eigenvalue weighted by Gasteiger charge is -2.17. The highest BCUT2D eigenvalue weighted by Gasteiger charge is 2.31. The van der Waals surface area contributed by atoms with E-state index in [2.05, 4.69) is 5.32 Å². The van der Waals surface area contributed by atoms with Crippen LogP contribution in [0.5, 0.6) is 0 Å². The first-order chi connectivity index (χ1) is 9.86. The van der Waals surface area contributed by atoms with Crippen LogP contribution in [0.4, 0.5) is 10.7 Å². The van der Waals surface area contributed by atoms with E-state index in [4.69, 9.17) is 11.5 Å². The van der Waals surface area contributed by atoms with Crippen LogP contribution >= 0.6 is 11.3 Å². The molecule has 1 fully saturated rings. The molecule has 0 bridgehead atoms. The molecular weight excluding hydrogens is 288 g/mol. The molecule has 1 aromatic rings. The van der Waals surface area contributed by atoms with Gasteiger partial charge < -0.3 is 21.7 Å². The minimum absolute atomic E-state index is 0.0302. The smallest absolute Gasteiger partial charge is 0.256 e. The van der Waals surface area contributed by atoms with Crippen LogP contribution in [-0.2, 0) is 0 Å². The van der Waals surface area contributed by atoms with Gasteiger partial charge in [-0.1, -0.05) is 13.8 Å². The maximum absolute atomic E-state index is 12.3. The van der Waals surface area contributed by atoms with E-state index in [1.54, 1.807) is 7.05 Å². The molecule has 21 heavy (non-hydrogen) atoms. The maximum Gasteiger partial charge on any atom is 0.256 e. The van der Waals surface area contributed by atoms with Gasteiger partial charge in [-0.05, 0) is 6.42 Å². The van der Waals surface area contributed by atoms with E-state index in [1.807, 2.05) is 18.7 Å². The van der Waals surface area contributed by atoms with E-state index in [0.29, 0.717) is 17.0 Å². The lowest BCUT2D eigenvalue weighted by atomic mass is 10.1. The van der Waals surface area contributed by atoms with Gasteiger partial charge in [0, 0.05) is 32.1 Å². The number of rotatable bonds is 4. The summed E-state index contributed by atoms with van der Waals surface area (Å²) >= 11 is 1.30. The van der Waals surface area contributed by atoms with Crippen LogP contribution in [0.2, 0.25) is 0 Å². The number of nitrogens with zero attached hydrogens (tertiary/aromatic N) is 1. The van der Waals surface area contributed by atoms with E-state index >= 15 is 0 Å². The van der Waals surface area contributed by atoms with Gasteiger partial charge >= 0.3 is 0 Å². The van der Waals surface area contributed by atoms with Crippen molar-refractivity contribution in [3.05, 3.63) is 10.4 Å². The SMILES string of the molecule is CNC(=O)c1c(N2CCC(N)C2)sc(C(=O)C(C)C)c1N. The van der Waals surface area contributed by atoms with Crippen LogP contribution in [0.25, 0.3) is 0 Å². The molecule has 0 radical (unpaired) electrons. The third-order valence-electron chi connectivity index (χ3n) is 3.64. The monoisotopic (exact) mass is 310 g/mol. The van der Waals surface area contributed by atoms with Gasteiger partial charge in [-0.3, -0.25) is 9.59 Å². The summed E-state index contributed by atoms with van der Waals surface area (Å²) in [6.45, 7) is 5.11. The number of amides is 1. The number of nitrogen functional groups attached to an aromatic ring is 1. The summed E-state index contributed by atoms with van der Waals surface area (Å²) in [5.41, 5.74) is 12.7. The topological polar surface area (TPSA) is 101 Å². The molecule has 1 aliphatic rings. The Labute approximate surface area is 128 Å². The van der Waals surface area contributed by atoms with Crippen molar-refractivity contribution in [1.82, 2.24) is 5.32 Å². The Hall–Kier alpha value is -1.60. The first-order valence-electron chi connectivity index (χ1n) is 7.05. The average Bonchev–Trinajstić information content (AvgIpc) is 3.00. The third kappa shape index (κ3) is 2.89. The van der Waals surface area contributed by atoms with Gasteiger partial charge in [0.1, 0.15) is 5.00 Å². The van der Waals surface area contributed by atoms with E-state index in [0.717, 1.165) is 18.0 Å². The minimum Gasteiger partial charge on any atom is -0.397 e. The Kier molecular flexibility index (Phi) is 4.53. The van der Waals surface area contributed by atoms with Gasteiger partial charge in [0.25, 0.3) is 5.91 Å². The third-order valence-corrected chi connectivity index (χ3v) is 4.92. The van der Waals surface area contributed by atoms with Crippen LogP contribution in [0.3, 0.4) is 0 Å². The molecule has 6 nitrogen and oxygen atoms in total. The number of nitrogens with two attached hydrogens (primary N) is 2. The van der Waals surface area contributed by atoms with Crippen molar-refractivity contribution in [2.24, 2.45) is 11.7 Å². The fraction of sp³-hybridized carbons (Fsp3) is 0.571. The van der Waals surface area contributed by atoms with Crippen molar-refractivity contribution in [3.8, 4) is 0 Å². The van der Waals surface area contributed by atoms with Crippen LogP contribution in [0.15, 0.2) is 0 Å². The molecule has 0 saturated carbocycles. The summed E-state index contributed by atoms with van der Waals surface area (Å²) < 4.78 is 0. The molecule has 1 unspecified atom stereocenters. The first kappa shape index (κ1) is 15.8. The number of carbonyl (C=O) groups excluding carboxylic acids is 2. The average molecular weight is 310 g/mol. The van der Waals surface area contributed by atoms with E-state index in [1.165, 1.54) is 11.3 Å². The second-order valence-corrected chi connectivity index (χ2v) is 6.62. The Morgan fingerprint density at radius 3 is 2.57 bits per heavy atom. The molecule has 0 aromatic carbocycles. The molecule has 0 spiro atoms. The normalized spacial score (nSPS) is 18.3. The van der Waals surface area contributed by atoms with E-state index in [9.17, 15) is 9.59 Å². The zero-order valence-electron chi connectivity index (χ0n) is 12.6. The lowest BCUT2D eigenvalue weighted by molar-refractivity contribution is 0.0944. The molecule has 5 N–H and O–H groups in total. The number of ketones is 1. The number of carbonyl (C=O) groups is 2. The van der Waals surface area contributed by atoms with Crippen molar-refractivity contribution < 1.29 is 9.59 Å². The zero-order valence-corrected chi connectivity index (χ0v) is 13.4. The van der Waals surface area contributed by atoms with Crippen molar-refractivity contribution in [2.45, 2.75) is 26.3 Å². The highest BCUT2D eigenvalue weighted by atomic mass is 32.1. The Morgan fingerprint density at radius 2 is 2.10 bits per heavy atom. The fourth-order valence-electron chi connectivity index (χ4n) is 2.42. The fourth-order valence-corrected chi connectivity index (χ4v) is 3.76. The predicted molar refractivity (Wildman–Crippen MR) is 86.1 cm³/mol. The standard InChI is InChI=1S/C14H22N4O2S/c1-7(2)11(19)12-10(16)9(13(20)17-3)14(21-12)18-5-4-8(15)6-18/h7-8H,4-6,15-16H2,1-3H3,(H,17,20). The quantitative estimate of drug-likeness (QED) is 0.722. The van der Waals surface area contributed by atoms with Crippen molar-refractivity contribution >= 4 is 33.7 Å². The van der Waals surface area contributed by atoms with Crippen molar-refractivity contribution in [2.75, 3.05) is 30.8 Å².